The van der Waals surface area contributed by atoms with Crippen molar-refractivity contribution in [1.82, 2.24) is 15.1 Å². The second-order valence-corrected chi connectivity index (χ2v) is 5.33. The van der Waals surface area contributed by atoms with E-state index in [4.69, 9.17) is 0 Å². The van der Waals surface area contributed by atoms with Crippen molar-refractivity contribution < 1.29 is 4.79 Å². The molecule has 2 fully saturated rings. The Morgan fingerprint density at radius 2 is 1.94 bits per heavy atom. The van der Waals surface area contributed by atoms with Crippen LogP contribution in [-0.4, -0.2) is 61.5 Å². The molecule has 2 aliphatic rings. The van der Waals surface area contributed by atoms with Gasteiger partial charge in [-0.15, -0.1) is 0 Å². The zero-order chi connectivity index (χ0) is 12.3. The van der Waals surface area contributed by atoms with Gasteiger partial charge in [-0.2, -0.15) is 0 Å². The predicted molar refractivity (Wildman–Crippen MR) is 68.9 cm³/mol. The first-order chi connectivity index (χ1) is 8.22. The van der Waals surface area contributed by atoms with E-state index in [0.29, 0.717) is 11.9 Å². The summed E-state index contributed by atoms with van der Waals surface area (Å²) in [5, 5.41) is 3.47. The molecule has 2 rings (SSSR count). The third-order valence-corrected chi connectivity index (χ3v) is 4.11. The molecule has 0 spiro atoms. The molecule has 0 radical (unpaired) electrons. The lowest BCUT2D eigenvalue weighted by molar-refractivity contribution is -0.137. The van der Waals surface area contributed by atoms with Gasteiger partial charge in [0, 0.05) is 32.2 Å². The second-order valence-electron chi connectivity index (χ2n) is 5.33. The number of likely N-dealkylation sites (N-methyl/N-ethyl adjacent to an activating group) is 1. The summed E-state index contributed by atoms with van der Waals surface area (Å²) in [5.41, 5.74) is 0. The van der Waals surface area contributed by atoms with Crippen molar-refractivity contribution in [2.45, 2.75) is 32.2 Å². The molecule has 0 aromatic heterocycles. The highest BCUT2D eigenvalue weighted by Crippen LogP contribution is 2.27. The second kappa shape index (κ2) is 5.83. The minimum absolute atomic E-state index is 0.235. The van der Waals surface area contributed by atoms with Gasteiger partial charge in [0.05, 0.1) is 5.92 Å². The molecule has 1 saturated carbocycles. The number of hydrogen-bond donors (Lipinski definition) is 1. The molecule has 0 aromatic rings. The summed E-state index contributed by atoms with van der Waals surface area (Å²) in [6.45, 7) is 6.94. The van der Waals surface area contributed by atoms with E-state index in [9.17, 15) is 4.79 Å². The summed E-state index contributed by atoms with van der Waals surface area (Å²) in [4.78, 5) is 16.8. The van der Waals surface area contributed by atoms with Gasteiger partial charge in [0.15, 0.2) is 0 Å². The van der Waals surface area contributed by atoms with Gasteiger partial charge in [-0.3, -0.25) is 4.79 Å². The number of nitrogens with one attached hydrogen (secondary N) is 1. The van der Waals surface area contributed by atoms with E-state index in [1.165, 1.54) is 6.42 Å². The van der Waals surface area contributed by atoms with Gasteiger partial charge in [0.25, 0.3) is 0 Å². The van der Waals surface area contributed by atoms with E-state index < -0.39 is 0 Å². The standard InChI is InChI=1S/C13H25N3O/c1-3-14-12-6-4-5-11(12)13(17)16-9-7-15(2)8-10-16/h11-12,14H,3-10H2,1-2H3. The van der Waals surface area contributed by atoms with Crippen LogP contribution in [0.15, 0.2) is 0 Å². The number of amides is 1. The van der Waals surface area contributed by atoms with Crippen LogP contribution >= 0.6 is 0 Å². The zero-order valence-corrected chi connectivity index (χ0v) is 11.1. The highest BCUT2D eigenvalue weighted by Gasteiger charge is 2.35. The molecule has 2 atom stereocenters. The van der Waals surface area contributed by atoms with Gasteiger partial charge >= 0.3 is 0 Å². The van der Waals surface area contributed by atoms with Gasteiger partial charge in [-0.05, 0) is 26.4 Å². The molecular formula is C13H25N3O. The average molecular weight is 239 g/mol. The zero-order valence-electron chi connectivity index (χ0n) is 11.1. The van der Waals surface area contributed by atoms with Crippen LogP contribution in [0.4, 0.5) is 0 Å². The Hall–Kier alpha value is -0.610. The quantitative estimate of drug-likeness (QED) is 0.781. The van der Waals surface area contributed by atoms with Crippen LogP contribution in [0.5, 0.6) is 0 Å². The van der Waals surface area contributed by atoms with E-state index in [2.05, 4.69) is 29.1 Å². The third-order valence-electron chi connectivity index (χ3n) is 4.11. The summed E-state index contributed by atoms with van der Waals surface area (Å²) in [6, 6.07) is 0.423. The van der Waals surface area contributed by atoms with Crippen LogP contribution < -0.4 is 5.32 Å². The minimum Gasteiger partial charge on any atom is -0.340 e. The monoisotopic (exact) mass is 239 g/mol. The summed E-state index contributed by atoms with van der Waals surface area (Å²) >= 11 is 0. The van der Waals surface area contributed by atoms with E-state index in [1.54, 1.807) is 0 Å². The molecule has 1 heterocycles. The first-order valence-electron chi connectivity index (χ1n) is 6.93. The van der Waals surface area contributed by atoms with Crippen LogP contribution in [0.3, 0.4) is 0 Å². The molecule has 98 valence electrons. The Bertz CT molecular complexity index is 261. The van der Waals surface area contributed by atoms with Gasteiger partial charge in [0.1, 0.15) is 0 Å². The fourth-order valence-corrected chi connectivity index (χ4v) is 3.02. The SMILES string of the molecule is CCNC1CCCC1C(=O)N1CCN(C)CC1. The lowest BCUT2D eigenvalue weighted by Crippen LogP contribution is -2.51. The first kappa shape index (κ1) is 12.8. The Labute approximate surface area is 104 Å². The molecule has 17 heavy (non-hydrogen) atoms. The third kappa shape index (κ3) is 2.99. The molecule has 0 aromatic carbocycles. The molecule has 4 nitrogen and oxygen atoms in total. The van der Waals surface area contributed by atoms with E-state index in [-0.39, 0.29) is 5.92 Å². The van der Waals surface area contributed by atoms with E-state index in [0.717, 1.165) is 45.6 Å². The number of hydrogen-bond acceptors (Lipinski definition) is 3. The molecule has 1 amide bonds. The van der Waals surface area contributed by atoms with E-state index in [1.807, 2.05) is 0 Å². The summed E-state index contributed by atoms with van der Waals surface area (Å²) in [5.74, 6) is 0.625. The summed E-state index contributed by atoms with van der Waals surface area (Å²) in [6.07, 6.45) is 3.43. The fraction of sp³-hybridized carbons (Fsp3) is 0.923. The fourth-order valence-electron chi connectivity index (χ4n) is 3.02. The Morgan fingerprint density at radius 1 is 1.24 bits per heavy atom. The van der Waals surface area contributed by atoms with Crippen LogP contribution in [-0.2, 0) is 4.79 Å². The normalized spacial score (nSPS) is 30.8. The molecule has 4 heteroatoms. The summed E-state index contributed by atoms with van der Waals surface area (Å²) in [7, 11) is 2.12. The molecular weight excluding hydrogens is 214 g/mol. The highest BCUT2D eigenvalue weighted by atomic mass is 16.2. The Kier molecular flexibility index (Phi) is 4.40. The maximum Gasteiger partial charge on any atom is 0.227 e. The number of rotatable bonds is 3. The number of carbonyl (C=O) groups is 1. The molecule has 1 N–H and O–H groups in total. The van der Waals surface area contributed by atoms with Crippen molar-refractivity contribution in [3.8, 4) is 0 Å². The Balaban J connectivity index is 1.90. The molecule has 1 aliphatic carbocycles. The van der Waals surface area contributed by atoms with Crippen molar-refractivity contribution in [3.63, 3.8) is 0 Å². The lowest BCUT2D eigenvalue weighted by atomic mass is 10.0. The van der Waals surface area contributed by atoms with Gasteiger partial charge in [-0.25, -0.2) is 0 Å². The van der Waals surface area contributed by atoms with Crippen molar-refractivity contribution in [2.75, 3.05) is 39.8 Å². The van der Waals surface area contributed by atoms with Crippen LogP contribution in [0.25, 0.3) is 0 Å². The maximum absolute atomic E-state index is 12.5. The van der Waals surface area contributed by atoms with Crippen molar-refractivity contribution >= 4 is 5.91 Å². The highest BCUT2D eigenvalue weighted by molar-refractivity contribution is 5.80. The topological polar surface area (TPSA) is 35.6 Å². The van der Waals surface area contributed by atoms with Crippen molar-refractivity contribution in [1.29, 1.82) is 0 Å². The van der Waals surface area contributed by atoms with Crippen molar-refractivity contribution in [2.24, 2.45) is 5.92 Å². The van der Waals surface area contributed by atoms with E-state index >= 15 is 0 Å². The number of carbonyl (C=O) groups excluding carboxylic acids is 1. The maximum atomic E-state index is 12.5. The molecule has 1 saturated heterocycles. The Morgan fingerprint density at radius 3 is 2.59 bits per heavy atom. The predicted octanol–water partition coefficient (Wildman–Crippen LogP) is 0.539. The largest absolute Gasteiger partial charge is 0.340 e. The van der Waals surface area contributed by atoms with Crippen molar-refractivity contribution in [3.05, 3.63) is 0 Å². The summed E-state index contributed by atoms with van der Waals surface area (Å²) < 4.78 is 0. The smallest absolute Gasteiger partial charge is 0.227 e. The van der Waals surface area contributed by atoms with Crippen LogP contribution in [0.2, 0.25) is 0 Å². The van der Waals surface area contributed by atoms with Crippen LogP contribution in [0.1, 0.15) is 26.2 Å². The molecule has 1 aliphatic heterocycles. The molecule has 0 bridgehead atoms. The van der Waals surface area contributed by atoms with Gasteiger partial charge in [0.2, 0.25) is 5.91 Å². The number of piperazine rings is 1. The number of nitrogens with zero attached hydrogens (tertiary/aromatic N) is 2. The van der Waals surface area contributed by atoms with Gasteiger partial charge < -0.3 is 15.1 Å². The molecule has 2 unspecified atom stereocenters. The van der Waals surface area contributed by atoms with Crippen LogP contribution in [0, 0.1) is 5.92 Å². The lowest BCUT2D eigenvalue weighted by Gasteiger charge is -2.35. The van der Waals surface area contributed by atoms with Gasteiger partial charge in [-0.1, -0.05) is 13.3 Å². The first-order valence-corrected chi connectivity index (χ1v) is 6.93. The minimum atomic E-state index is 0.235. The average Bonchev–Trinajstić information content (AvgIpc) is 2.78.